The van der Waals surface area contributed by atoms with Gasteiger partial charge < -0.3 is 15.8 Å². The van der Waals surface area contributed by atoms with Crippen LogP contribution < -0.4 is 11.1 Å². The molecule has 0 bridgehead atoms. The highest BCUT2D eigenvalue weighted by Gasteiger charge is 2.38. The zero-order valence-corrected chi connectivity index (χ0v) is 10.8. The number of carbonyl (C=O) groups excluding carboxylic acids is 1. The predicted octanol–water partition coefficient (Wildman–Crippen LogP) is 1.05. The van der Waals surface area contributed by atoms with E-state index in [0.717, 1.165) is 12.8 Å². The fourth-order valence-electron chi connectivity index (χ4n) is 1.78. The number of carbonyl (C=O) groups is 1. The van der Waals surface area contributed by atoms with Crippen molar-refractivity contribution >= 4 is 5.91 Å². The maximum atomic E-state index is 11.8. The van der Waals surface area contributed by atoms with Crippen LogP contribution in [0.4, 0.5) is 0 Å². The van der Waals surface area contributed by atoms with Crippen molar-refractivity contribution in [3.63, 3.8) is 0 Å². The van der Waals surface area contributed by atoms with Crippen LogP contribution in [0, 0.1) is 5.41 Å². The summed E-state index contributed by atoms with van der Waals surface area (Å²) in [5.74, 6) is -0.0872. The molecule has 1 unspecified atom stereocenters. The highest BCUT2D eigenvalue weighted by Crippen LogP contribution is 2.34. The van der Waals surface area contributed by atoms with Gasteiger partial charge in [-0.1, -0.05) is 20.8 Å². The van der Waals surface area contributed by atoms with Crippen LogP contribution in [0.25, 0.3) is 0 Å². The van der Waals surface area contributed by atoms with E-state index < -0.39 is 6.04 Å². The Labute approximate surface area is 97.9 Å². The smallest absolute Gasteiger partial charge is 0.237 e. The first-order chi connectivity index (χ1) is 7.31. The Morgan fingerprint density at radius 2 is 2.06 bits per heavy atom. The van der Waals surface area contributed by atoms with E-state index in [0.29, 0.717) is 6.54 Å². The molecule has 0 aromatic rings. The summed E-state index contributed by atoms with van der Waals surface area (Å²) in [4.78, 5) is 11.8. The molecule has 1 atom stereocenters. The highest BCUT2D eigenvalue weighted by atomic mass is 16.5. The Kier molecular flexibility index (Phi) is 3.97. The Morgan fingerprint density at radius 1 is 1.50 bits per heavy atom. The number of nitrogens with one attached hydrogen (secondary N) is 1. The fourth-order valence-corrected chi connectivity index (χ4v) is 1.78. The number of hydrogen-bond donors (Lipinski definition) is 2. The molecule has 0 aromatic carbocycles. The first-order valence-electron chi connectivity index (χ1n) is 5.89. The minimum absolute atomic E-state index is 0.0872. The van der Waals surface area contributed by atoms with Gasteiger partial charge in [0.25, 0.3) is 0 Å². The standard InChI is InChI=1S/C12H24N2O2/c1-11(2,3)9(13)10(15)14-8-12(16-4)6-5-7-12/h9H,5-8,13H2,1-4H3,(H,14,15). The molecule has 1 amide bonds. The summed E-state index contributed by atoms with van der Waals surface area (Å²) in [5, 5.41) is 2.89. The van der Waals surface area contributed by atoms with Gasteiger partial charge in [-0.2, -0.15) is 0 Å². The average molecular weight is 228 g/mol. The largest absolute Gasteiger partial charge is 0.376 e. The van der Waals surface area contributed by atoms with Gasteiger partial charge in [-0.25, -0.2) is 0 Å². The molecule has 0 heterocycles. The van der Waals surface area contributed by atoms with Gasteiger partial charge in [-0.05, 0) is 24.7 Å². The molecular weight excluding hydrogens is 204 g/mol. The Bertz CT molecular complexity index is 249. The summed E-state index contributed by atoms with van der Waals surface area (Å²) in [6.45, 7) is 6.47. The first-order valence-corrected chi connectivity index (χ1v) is 5.89. The van der Waals surface area contributed by atoms with Crippen LogP contribution in [0.3, 0.4) is 0 Å². The van der Waals surface area contributed by atoms with E-state index in [4.69, 9.17) is 10.5 Å². The van der Waals surface area contributed by atoms with Crippen molar-refractivity contribution < 1.29 is 9.53 Å². The van der Waals surface area contributed by atoms with E-state index in [9.17, 15) is 4.79 Å². The van der Waals surface area contributed by atoms with Gasteiger partial charge in [-0.3, -0.25) is 4.79 Å². The highest BCUT2D eigenvalue weighted by molar-refractivity contribution is 5.82. The molecule has 4 heteroatoms. The van der Waals surface area contributed by atoms with Crippen molar-refractivity contribution in [1.82, 2.24) is 5.32 Å². The Morgan fingerprint density at radius 3 is 2.38 bits per heavy atom. The monoisotopic (exact) mass is 228 g/mol. The van der Waals surface area contributed by atoms with Gasteiger partial charge in [0, 0.05) is 13.7 Å². The molecule has 16 heavy (non-hydrogen) atoms. The lowest BCUT2D eigenvalue weighted by Gasteiger charge is -2.41. The van der Waals surface area contributed by atoms with Crippen LogP contribution in [0.1, 0.15) is 40.0 Å². The lowest BCUT2D eigenvalue weighted by molar-refractivity contribution is -0.128. The van der Waals surface area contributed by atoms with E-state index in [-0.39, 0.29) is 16.9 Å². The third kappa shape index (κ3) is 2.95. The normalized spacial score (nSPS) is 21.1. The molecule has 1 saturated carbocycles. The Hall–Kier alpha value is -0.610. The van der Waals surface area contributed by atoms with Crippen molar-refractivity contribution in [2.24, 2.45) is 11.1 Å². The zero-order chi connectivity index (χ0) is 12.4. The fraction of sp³-hybridized carbons (Fsp3) is 0.917. The molecule has 0 spiro atoms. The summed E-state index contributed by atoms with van der Waals surface area (Å²) in [6.07, 6.45) is 3.22. The van der Waals surface area contributed by atoms with Crippen LogP contribution in [0.15, 0.2) is 0 Å². The number of nitrogens with two attached hydrogens (primary N) is 1. The maximum Gasteiger partial charge on any atom is 0.237 e. The van der Waals surface area contributed by atoms with Gasteiger partial charge >= 0.3 is 0 Å². The molecule has 0 aromatic heterocycles. The van der Waals surface area contributed by atoms with Gasteiger partial charge in [0.2, 0.25) is 5.91 Å². The molecule has 1 fully saturated rings. The lowest BCUT2D eigenvalue weighted by atomic mass is 9.79. The van der Waals surface area contributed by atoms with Crippen molar-refractivity contribution in [3.05, 3.63) is 0 Å². The SMILES string of the molecule is COC1(CNC(=O)C(N)C(C)(C)C)CCC1. The second-order valence-electron chi connectivity index (χ2n) is 5.80. The third-order valence-electron chi connectivity index (χ3n) is 3.50. The maximum absolute atomic E-state index is 11.8. The number of hydrogen-bond acceptors (Lipinski definition) is 3. The quantitative estimate of drug-likeness (QED) is 0.756. The molecule has 0 radical (unpaired) electrons. The lowest BCUT2D eigenvalue weighted by Crippen LogP contribution is -2.55. The predicted molar refractivity (Wildman–Crippen MR) is 64.0 cm³/mol. The first kappa shape index (κ1) is 13.5. The molecule has 0 saturated heterocycles. The van der Waals surface area contributed by atoms with E-state index in [2.05, 4.69) is 5.32 Å². The topological polar surface area (TPSA) is 64.3 Å². The summed E-state index contributed by atoms with van der Waals surface area (Å²) >= 11 is 0. The van der Waals surface area contributed by atoms with Gasteiger partial charge in [0.1, 0.15) is 0 Å². The molecule has 1 aliphatic rings. The number of ether oxygens (including phenoxy) is 1. The van der Waals surface area contributed by atoms with Crippen LogP contribution in [0.2, 0.25) is 0 Å². The number of amides is 1. The number of rotatable bonds is 4. The van der Waals surface area contributed by atoms with Crippen LogP contribution >= 0.6 is 0 Å². The molecule has 4 nitrogen and oxygen atoms in total. The minimum atomic E-state index is -0.471. The van der Waals surface area contributed by atoms with Gasteiger partial charge in [0.15, 0.2) is 0 Å². The molecular formula is C12H24N2O2. The molecule has 1 aliphatic carbocycles. The van der Waals surface area contributed by atoms with Gasteiger partial charge in [-0.15, -0.1) is 0 Å². The van der Waals surface area contributed by atoms with Crippen LogP contribution in [-0.2, 0) is 9.53 Å². The van der Waals surface area contributed by atoms with Crippen molar-refractivity contribution in [2.75, 3.05) is 13.7 Å². The number of methoxy groups -OCH3 is 1. The van der Waals surface area contributed by atoms with E-state index >= 15 is 0 Å². The van der Waals surface area contributed by atoms with Crippen LogP contribution in [0.5, 0.6) is 0 Å². The van der Waals surface area contributed by atoms with Gasteiger partial charge in [0.05, 0.1) is 11.6 Å². The summed E-state index contributed by atoms with van der Waals surface area (Å²) in [5.41, 5.74) is 5.54. The van der Waals surface area contributed by atoms with Crippen molar-refractivity contribution in [2.45, 2.75) is 51.7 Å². The summed E-state index contributed by atoms with van der Waals surface area (Å²) < 4.78 is 5.43. The summed E-state index contributed by atoms with van der Waals surface area (Å²) in [6, 6.07) is -0.471. The molecule has 1 rings (SSSR count). The van der Waals surface area contributed by atoms with Crippen molar-refractivity contribution in [3.8, 4) is 0 Å². The zero-order valence-electron chi connectivity index (χ0n) is 10.8. The molecule has 0 aliphatic heterocycles. The second-order valence-corrected chi connectivity index (χ2v) is 5.80. The van der Waals surface area contributed by atoms with Crippen molar-refractivity contribution in [1.29, 1.82) is 0 Å². The molecule has 94 valence electrons. The molecule has 3 N–H and O–H groups in total. The van der Waals surface area contributed by atoms with E-state index in [1.165, 1.54) is 6.42 Å². The average Bonchev–Trinajstić information content (AvgIpc) is 2.14. The van der Waals surface area contributed by atoms with Crippen LogP contribution in [-0.4, -0.2) is 31.2 Å². The summed E-state index contributed by atoms with van der Waals surface area (Å²) in [7, 11) is 1.70. The second kappa shape index (κ2) is 4.72. The Balaban J connectivity index is 2.41. The van der Waals surface area contributed by atoms with E-state index in [1.807, 2.05) is 20.8 Å². The van der Waals surface area contributed by atoms with E-state index in [1.54, 1.807) is 7.11 Å². The third-order valence-corrected chi connectivity index (χ3v) is 3.50. The minimum Gasteiger partial charge on any atom is -0.376 e.